The third kappa shape index (κ3) is 7.01. The first kappa shape index (κ1) is 30.6. The highest BCUT2D eigenvalue weighted by Crippen LogP contribution is 2.09. The van der Waals surface area contributed by atoms with Gasteiger partial charge in [-0.2, -0.15) is 0 Å². The molecule has 0 amide bonds. The second kappa shape index (κ2) is 13.1. The Bertz CT molecular complexity index is 446. The van der Waals surface area contributed by atoms with E-state index in [1.165, 1.54) is 0 Å². The Kier molecular flexibility index (Phi) is 21.2. The van der Waals surface area contributed by atoms with Crippen LogP contribution in [0.5, 0.6) is 0 Å². The van der Waals surface area contributed by atoms with Gasteiger partial charge in [-0.3, -0.25) is 4.98 Å². The standard InChI is InChI=1S/C9H8BNO2.ClH.5H2O/c12-10(13)9-2-1-8-6-11-4-3-7(8)5-9;;;;;;/h1-6,12-13H;1H;5*1H2. The fourth-order valence-electron chi connectivity index (χ4n) is 1.26. The molecular formula is C9H19BClNO7. The van der Waals surface area contributed by atoms with Crippen LogP contribution in [-0.2, 0) is 0 Å². The molecule has 1 heterocycles. The van der Waals surface area contributed by atoms with Crippen molar-refractivity contribution in [1.29, 1.82) is 0 Å². The predicted molar refractivity (Wildman–Crippen MR) is 76.9 cm³/mol. The zero-order valence-electron chi connectivity index (χ0n) is 9.79. The van der Waals surface area contributed by atoms with Crippen LogP contribution < -0.4 is 5.46 Å². The Morgan fingerprint density at radius 2 is 1.42 bits per heavy atom. The van der Waals surface area contributed by atoms with Crippen LogP contribution in [0.4, 0.5) is 0 Å². The van der Waals surface area contributed by atoms with E-state index >= 15 is 0 Å². The number of fused-ring (bicyclic) bond motifs is 1. The number of pyridine rings is 1. The summed E-state index contributed by atoms with van der Waals surface area (Å²) in [6.45, 7) is 0. The summed E-state index contributed by atoms with van der Waals surface area (Å²) < 4.78 is 0. The van der Waals surface area contributed by atoms with Crippen molar-refractivity contribution in [3.05, 3.63) is 36.7 Å². The lowest BCUT2D eigenvalue weighted by atomic mass is 9.79. The number of benzene rings is 1. The minimum absolute atomic E-state index is 0. The summed E-state index contributed by atoms with van der Waals surface area (Å²) in [6.07, 6.45) is 3.42. The molecule has 0 atom stereocenters. The number of nitrogens with zero attached hydrogens (tertiary/aromatic N) is 1. The highest BCUT2D eigenvalue weighted by atomic mass is 35.5. The largest absolute Gasteiger partial charge is 0.488 e. The molecule has 112 valence electrons. The van der Waals surface area contributed by atoms with Crippen molar-refractivity contribution >= 4 is 35.8 Å². The molecule has 0 aliphatic rings. The van der Waals surface area contributed by atoms with E-state index in [0.717, 1.165) is 10.8 Å². The van der Waals surface area contributed by atoms with Crippen molar-refractivity contribution in [2.24, 2.45) is 0 Å². The molecule has 12 N–H and O–H groups in total. The van der Waals surface area contributed by atoms with E-state index in [9.17, 15) is 0 Å². The van der Waals surface area contributed by atoms with Crippen LogP contribution in [0, 0.1) is 0 Å². The first-order valence-electron chi connectivity index (χ1n) is 3.97. The van der Waals surface area contributed by atoms with Crippen molar-refractivity contribution in [2.75, 3.05) is 0 Å². The molecule has 0 aliphatic heterocycles. The summed E-state index contributed by atoms with van der Waals surface area (Å²) in [5, 5.41) is 19.8. The summed E-state index contributed by atoms with van der Waals surface area (Å²) >= 11 is 0. The Hall–Kier alpha value is -1.30. The maximum atomic E-state index is 8.92. The monoisotopic (exact) mass is 299 g/mol. The van der Waals surface area contributed by atoms with Crippen LogP contribution >= 0.6 is 12.4 Å². The molecule has 19 heavy (non-hydrogen) atoms. The van der Waals surface area contributed by atoms with Gasteiger partial charge in [0.1, 0.15) is 0 Å². The van der Waals surface area contributed by atoms with E-state index < -0.39 is 7.12 Å². The lowest BCUT2D eigenvalue weighted by Gasteiger charge is -2.00. The van der Waals surface area contributed by atoms with Gasteiger partial charge in [-0.1, -0.05) is 18.2 Å². The number of hydrogen-bond donors (Lipinski definition) is 2. The SMILES string of the molecule is Cl.O.O.O.O.O.OB(O)c1ccc2cnccc2c1. The summed E-state index contributed by atoms with van der Waals surface area (Å²) in [4.78, 5) is 3.96. The molecule has 0 saturated heterocycles. The first-order chi connectivity index (χ1) is 6.27. The molecule has 10 heteroatoms. The molecule has 0 saturated carbocycles. The Balaban J connectivity index is -0.000000109. The molecule has 8 nitrogen and oxygen atoms in total. The first-order valence-corrected chi connectivity index (χ1v) is 3.97. The summed E-state index contributed by atoms with van der Waals surface area (Å²) in [7, 11) is -1.41. The van der Waals surface area contributed by atoms with Crippen LogP contribution in [0.2, 0.25) is 0 Å². The smallest absolute Gasteiger partial charge is 0.423 e. The molecule has 2 aromatic rings. The highest BCUT2D eigenvalue weighted by molar-refractivity contribution is 6.58. The second-order valence-electron chi connectivity index (χ2n) is 2.86. The zero-order chi connectivity index (χ0) is 9.26. The van der Waals surface area contributed by atoms with Gasteiger partial charge in [0, 0.05) is 12.4 Å². The second-order valence-corrected chi connectivity index (χ2v) is 2.86. The van der Waals surface area contributed by atoms with Gasteiger partial charge in [0.05, 0.1) is 0 Å². The number of hydrogen-bond acceptors (Lipinski definition) is 3. The average molecular weight is 300 g/mol. The van der Waals surface area contributed by atoms with Gasteiger partial charge in [0.15, 0.2) is 0 Å². The van der Waals surface area contributed by atoms with Crippen molar-refractivity contribution in [1.82, 2.24) is 4.98 Å². The van der Waals surface area contributed by atoms with E-state index in [4.69, 9.17) is 10.0 Å². The van der Waals surface area contributed by atoms with Crippen LogP contribution in [0.3, 0.4) is 0 Å². The molecular weight excluding hydrogens is 280 g/mol. The third-order valence-electron chi connectivity index (χ3n) is 1.96. The number of rotatable bonds is 1. The maximum Gasteiger partial charge on any atom is 0.488 e. The number of halogens is 1. The lowest BCUT2D eigenvalue weighted by molar-refractivity contribution is 0.426. The number of aromatic nitrogens is 1. The molecule has 2 rings (SSSR count). The van der Waals surface area contributed by atoms with E-state index in [0.29, 0.717) is 5.46 Å². The van der Waals surface area contributed by atoms with Gasteiger partial charge >= 0.3 is 7.12 Å². The molecule has 0 bridgehead atoms. The maximum absolute atomic E-state index is 8.92. The molecule has 1 aromatic carbocycles. The average Bonchev–Trinajstić information content (AvgIpc) is 2.17. The van der Waals surface area contributed by atoms with Crippen molar-refractivity contribution < 1.29 is 37.4 Å². The minimum atomic E-state index is -1.41. The molecule has 0 radical (unpaired) electrons. The normalized spacial score (nSPS) is 7.05. The molecule has 0 fully saturated rings. The Morgan fingerprint density at radius 1 is 0.842 bits per heavy atom. The third-order valence-corrected chi connectivity index (χ3v) is 1.96. The van der Waals surface area contributed by atoms with Gasteiger partial charge in [0.2, 0.25) is 0 Å². The minimum Gasteiger partial charge on any atom is -0.423 e. The topological polar surface area (TPSA) is 211 Å². The van der Waals surface area contributed by atoms with Gasteiger partial charge in [-0.05, 0) is 22.3 Å². The van der Waals surface area contributed by atoms with Crippen LogP contribution in [-0.4, -0.2) is 49.5 Å². The molecule has 0 spiro atoms. The van der Waals surface area contributed by atoms with Crippen molar-refractivity contribution in [3.8, 4) is 0 Å². The van der Waals surface area contributed by atoms with E-state index in [2.05, 4.69) is 4.98 Å². The van der Waals surface area contributed by atoms with Gasteiger partial charge in [0.25, 0.3) is 0 Å². The van der Waals surface area contributed by atoms with Gasteiger partial charge < -0.3 is 37.4 Å². The molecule has 1 aromatic heterocycles. The van der Waals surface area contributed by atoms with Crippen LogP contribution in [0.25, 0.3) is 10.8 Å². The van der Waals surface area contributed by atoms with Crippen LogP contribution in [0.1, 0.15) is 0 Å². The zero-order valence-corrected chi connectivity index (χ0v) is 10.6. The van der Waals surface area contributed by atoms with Crippen LogP contribution in [0.15, 0.2) is 36.7 Å². The van der Waals surface area contributed by atoms with E-state index in [-0.39, 0.29) is 39.8 Å². The fourth-order valence-corrected chi connectivity index (χ4v) is 1.26. The molecule has 0 aliphatic carbocycles. The summed E-state index contributed by atoms with van der Waals surface area (Å²) in [6, 6.07) is 7.06. The predicted octanol–water partition coefficient (Wildman–Crippen LogP) is -3.79. The van der Waals surface area contributed by atoms with Crippen molar-refractivity contribution in [2.45, 2.75) is 0 Å². The quantitative estimate of drug-likeness (QED) is 0.507. The van der Waals surface area contributed by atoms with Gasteiger partial charge in [-0.15, -0.1) is 12.4 Å². The lowest BCUT2D eigenvalue weighted by Crippen LogP contribution is -2.29. The Labute approximate surface area is 115 Å². The summed E-state index contributed by atoms with van der Waals surface area (Å²) in [5.74, 6) is 0. The summed E-state index contributed by atoms with van der Waals surface area (Å²) in [5.41, 5.74) is 0.499. The van der Waals surface area contributed by atoms with Gasteiger partial charge in [-0.25, -0.2) is 0 Å². The van der Waals surface area contributed by atoms with E-state index in [1.54, 1.807) is 24.5 Å². The molecule has 0 unspecified atom stereocenters. The van der Waals surface area contributed by atoms with E-state index in [1.807, 2.05) is 12.1 Å². The van der Waals surface area contributed by atoms with Crippen molar-refractivity contribution in [3.63, 3.8) is 0 Å². The Morgan fingerprint density at radius 3 is 1.95 bits per heavy atom. The fraction of sp³-hybridized carbons (Fsp3) is 0. The highest BCUT2D eigenvalue weighted by Gasteiger charge is 2.10.